The van der Waals surface area contributed by atoms with Gasteiger partial charge in [-0.1, -0.05) is 12.8 Å². The summed E-state index contributed by atoms with van der Waals surface area (Å²) in [5.74, 6) is 0.507. The quantitative estimate of drug-likeness (QED) is 0.892. The lowest BCUT2D eigenvalue weighted by molar-refractivity contribution is 0.304. The SMILES string of the molecule is Cc1ncnc(N(C)C2CCCCC2CN)c1F. The van der Waals surface area contributed by atoms with E-state index in [4.69, 9.17) is 5.73 Å². The molecule has 18 heavy (non-hydrogen) atoms. The Bertz CT molecular complexity index is 410. The predicted octanol–water partition coefficient (Wildman–Crippen LogP) is 1.88. The van der Waals surface area contributed by atoms with Crippen molar-refractivity contribution >= 4 is 5.82 Å². The first-order chi connectivity index (χ1) is 8.65. The molecular formula is C13H21FN4. The van der Waals surface area contributed by atoms with Crippen LogP contribution in [0.25, 0.3) is 0 Å². The molecule has 1 aromatic heterocycles. The van der Waals surface area contributed by atoms with E-state index in [1.807, 2.05) is 11.9 Å². The molecule has 1 saturated carbocycles. The average molecular weight is 252 g/mol. The maximum atomic E-state index is 14.0. The molecule has 1 aliphatic rings. The van der Waals surface area contributed by atoms with E-state index in [1.54, 1.807) is 6.92 Å². The van der Waals surface area contributed by atoms with Crippen molar-refractivity contribution in [3.05, 3.63) is 17.8 Å². The second-order valence-corrected chi connectivity index (χ2v) is 5.06. The Morgan fingerprint density at radius 3 is 2.83 bits per heavy atom. The topological polar surface area (TPSA) is 55.0 Å². The van der Waals surface area contributed by atoms with E-state index in [9.17, 15) is 4.39 Å². The zero-order valence-electron chi connectivity index (χ0n) is 11.1. The number of anilines is 1. The van der Waals surface area contributed by atoms with Gasteiger partial charge in [0.15, 0.2) is 11.6 Å². The zero-order valence-corrected chi connectivity index (χ0v) is 11.1. The molecule has 1 aliphatic carbocycles. The third-order valence-corrected chi connectivity index (χ3v) is 3.95. The smallest absolute Gasteiger partial charge is 0.186 e. The normalized spacial score (nSPS) is 24.0. The van der Waals surface area contributed by atoms with Gasteiger partial charge in [0.25, 0.3) is 0 Å². The molecule has 2 atom stereocenters. The molecule has 4 nitrogen and oxygen atoms in total. The summed E-state index contributed by atoms with van der Waals surface area (Å²) in [6.45, 7) is 2.32. The first-order valence-electron chi connectivity index (χ1n) is 6.55. The summed E-state index contributed by atoms with van der Waals surface area (Å²) in [6, 6.07) is 0.285. The van der Waals surface area contributed by atoms with Crippen molar-refractivity contribution in [3.8, 4) is 0 Å². The molecule has 0 aliphatic heterocycles. The number of nitrogens with zero attached hydrogens (tertiary/aromatic N) is 3. The average Bonchev–Trinajstić information content (AvgIpc) is 2.41. The highest BCUT2D eigenvalue weighted by atomic mass is 19.1. The fourth-order valence-corrected chi connectivity index (χ4v) is 2.82. The van der Waals surface area contributed by atoms with Gasteiger partial charge in [0.1, 0.15) is 6.33 Å². The zero-order chi connectivity index (χ0) is 13.1. The van der Waals surface area contributed by atoms with E-state index in [1.165, 1.54) is 19.2 Å². The van der Waals surface area contributed by atoms with Crippen LogP contribution in [-0.4, -0.2) is 29.6 Å². The summed E-state index contributed by atoms with van der Waals surface area (Å²) in [7, 11) is 1.91. The van der Waals surface area contributed by atoms with E-state index in [2.05, 4.69) is 9.97 Å². The van der Waals surface area contributed by atoms with Crippen molar-refractivity contribution < 1.29 is 4.39 Å². The van der Waals surface area contributed by atoms with Gasteiger partial charge in [0.2, 0.25) is 0 Å². The molecule has 0 radical (unpaired) electrons. The molecule has 0 aromatic carbocycles. The molecule has 5 heteroatoms. The van der Waals surface area contributed by atoms with Gasteiger partial charge in [-0.2, -0.15) is 0 Å². The fourth-order valence-electron chi connectivity index (χ4n) is 2.82. The van der Waals surface area contributed by atoms with E-state index in [0.29, 0.717) is 24.0 Å². The minimum Gasteiger partial charge on any atom is -0.354 e. The minimum atomic E-state index is -0.318. The molecule has 1 aromatic rings. The summed E-state index contributed by atoms with van der Waals surface area (Å²) in [5, 5.41) is 0. The van der Waals surface area contributed by atoms with Crippen LogP contribution in [0.4, 0.5) is 10.2 Å². The van der Waals surface area contributed by atoms with E-state index < -0.39 is 0 Å². The molecule has 0 bridgehead atoms. The van der Waals surface area contributed by atoms with Gasteiger partial charge >= 0.3 is 0 Å². The summed E-state index contributed by atoms with van der Waals surface area (Å²) in [5.41, 5.74) is 6.22. The first-order valence-corrected chi connectivity index (χ1v) is 6.55. The highest BCUT2D eigenvalue weighted by Crippen LogP contribution is 2.30. The van der Waals surface area contributed by atoms with Crippen LogP contribution in [0.3, 0.4) is 0 Å². The second-order valence-electron chi connectivity index (χ2n) is 5.06. The van der Waals surface area contributed by atoms with Gasteiger partial charge in [-0.3, -0.25) is 0 Å². The monoisotopic (exact) mass is 252 g/mol. The Labute approximate surface area is 107 Å². The van der Waals surface area contributed by atoms with Gasteiger partial charge in [-0.15, -0.1) is 0 Å². The van der Waals surface area contributed by atoms with Crippen molar-refractivity contribution in [2.75, 3.05) is 18.5 Å². The molecule has 1 fully saturated rings. The lowest BCUT2D eigenvalue weighted by atomic mass is 9.83. The van der Waals surface area contributed by atoms with Gasteiger partial charge in [0, 0.05) is 13.1 Å². The standard InChI is InChI=1S/C13H21FN4/c1-9-12(14)13(17-8-16-9)18(2)11-6-4-3-5-10(11)7-15/h8,10-11H,3-7,15H2,1-2H3. The second kappa shape index (κ2) is 5.61. The van der Waals surface area contributed by atoms with Gasteiger partial charge in [0.05, 0.1) is 5.69 Å². The number of rotatable bonds is 3. The van der Waals surface area contributed by atoms with Crippen LogP contribution in [0.1, 0.15) is 31.4 Å². The number of aryl methyl sites for hydroxylation is 1. The van der Waals surface area contributed by atoms with Crippen molar-refractivity contribution in [2.45, 2.75) is 38.6 Å². The van der Waals surface area contributed by atoms with Crippen molar-refractivity contribution in [2.24, 2.45) is 11.7 Å². The van der Waals surface area contributed by atoms with Crippen LogP contribution in [0.2, 0.25) is 0 Å². The number of halogens is 1. The predicted molar refractivity (Wildman–Crippen MR) is 69.9 cm³/mol. The summed E-state index contributed by atoms with van der Waals surface area (Å²) < 4.78 is 14.0. The van der Waals surface area contributed by atoms with Gasteiger partial charge in [-0.05, 0) is 32.2 Å². The molecule has 0 spiro atoms. The number of hydrogen-bond donors (Lipinski definition) is 1. The molecule has 0 amide bonds. The highest BCUT2D eigenvalue weighted by molar-refractivity contribution is 5.41. The first kappa shape index (κ1) is 13.2. The lowest BCUT2D eigenvalue weighted by Crippen LogP contribution is -2.44. The molecule has 2 unspecified atom stereocenters. The van der Waals surface area contributed by atoms with E-state index in [0.717, 1.165) is 12.8 Å². The Morgan fingerprint density at radius 1 is 1.39 bits per heavy atom. The summed E-state index contributed by atoms with van der Waals surface area (Å²) in [6.07, 6.45) is 6.00. The van der Waals surface area contributed by atoms with Gasteiger partial charge in [-0.25, -0.2) is 14.4 Å². The van der Waals surface area contributed by atoms with Crippen LogP contribution in [0.5, 0.6) is 0 Å². The third kappa shape index (κ3) is 2.46. The summed E-state index contributed by atoms with van der Waals surface area (Å²) in [4.78, 5) is 9.90. The highest BCUT2D eigenvalue weighted by Gasteiger charge is 2.29. The van der Waals surface area contributed by atoms with Crippen molar-refractivity contribution in [1.82, 2.24) is 9.97 Å². The van der Waals surface area contributed by atoms with Crippen molar-refractivity contribution in [3.63, 3.8) is 0 Å². The Hall–Kier alpha value is -1.23. The Morgan fingerprint density at radius 2 is 2.11 bits per heavy atom. The number of aromatic nitrogens is 2. The van der Waals surface area contributed by atoms with Crippen LogP contribution in [0, 0.1) is 18.7 Å². The Balaban J connectivity index is 2.23. The largest absolute Gasteiger partial charge is 0.354 e. The van der Waals surface area contributed by atoms with Crippen LogP contribution >= 0.6 is 0 Å². The molecule has 100 valence electrons. The van der Waals surface area contributed by atoms with Crippen molar-refractivity contribution in [1.29, 1.82) is 0 Å². The Kier molecular flexibility index (Phi) is 4.11. The van der Waals surface area contributed by atoms with Crippen LogP contribution in [0.15, 0.2) is 6.33 Å². The van der Waals surface area contributed by atoms with E-state index in [-0.39, 0.29) is 11.9 Å². The molecular weight excluding hydrogens is 231 g/mol. The molecule has 2 N–H and O–H groups in total. The maximum Gasteiger partial charge on any atom is 0.186 e. The minimum absolute atomic E-state index is 0.285. The van der Waals surface area contributed by atoms with E-state index >= 15 is 0 Å². The third-order valence-electron chi connectivity index (χ3n) is 3.95. The number of hydrogen-bond acceptors (Lipinski definition) is 4. The van der Waals surface area contributed by atoms with Crippen LogP contribution in [-0.2, 0) is 0 Å². The summed E-state index contributed by atoms with van der Waals surface area (Å²) >= 11 is 0. The maximum absolute atomic E-state index is 14.0. The molecule has 0 saturated heterocycles. The molecule has 2 rings (SSSR count). The molecule has 1 heterocycles. The van der Waals surface area contributed by atoms with Gasteiger partial charge < -0.3 is 10.6 Å². The lowest BCUT2D eigenvalue weighted by Gasteiger charge is -2.38. The number of nitrogens with two attached hydrogens (primary N) is 1. The van der Waals surface area contributed by atoms with Crippen LogP contribution < -0.4 is 10.6 Å². The fraction of sp³-hybridized carbons (Fsp3) is 0.692.